The predicted octanol–water partition coefficient (Wildman–Crippen LogP) is 1.13. The first kappa shape index (κ1) is 13.7. The Bertz CT molecular complexity index is 213. The van der Waals surface area contributed by atoms with Gasteiger partial charge in [0.2, 0.25) is 5.91 Å². The van der Waals surface area contributed by atoms with Crippen LogP contribution in [0.25, 0.3) is 0 Å². The van der Waals surface area contributed by atoms with E-state index in [1.54, 1.807) is 7.11 Å². The molecule has 1 unspecified atom stereocenters. The summed E-state index contributed by atoms with van der Waals surface area (Å²) < 4.78 is 10.2. The summed E-state index contributed by atoms with van der Waals surface area (Å²) >= 11 is 5.74. The molecule has 0 aromatic carbocycles. The number of carbonyl (C=O) groups excluding carboxylic acids is 1. The van der Waals surface area contributed by atoms with Crippen molar-refractivity contribution in [1.82, 2.24) is 4.90 Å². The van der Waals surface area contributed by atoms with Crippen LogP contribution in [0.3, 0.4) is 0 Å². The largest absolute Gasteiger partial charge is 0.382 e. The van der Waals surface area contributed by atoms with Crippen molar-refractivity contribution in [3.63, 3.8) is 0 Å². The Labute approximate surface area is 102 Å². The number of likely N-dealkylation sites (tertiary alicyclic amines) is 1. The number of methoxy groups -OCH3 is 1. The van der Waals surface area contributed by atoms with E-state index in [2.05, 4.69) is 0 Å². The van der Waals surface area contributed by atoms with Gasteiger partial charge in [-0.1, -0.05) is 0 Å². The molecule has 0 saturated carbocycles. The fourth-order valence-corrected chi connectivity index (χ4v) is 1.98. The Morgan fingerprint density at radius 1 is 1.44 bits per heavy atom. The first-order valence-electron chi connectivity index (χ1n) is 5.68. The van der Waals surface area contributed by atoms with Crippen LogP contribution in [0, 0.1) is 5.92 Å². The third-order valence-electron chi connectivity index (χ3n) is 2.66. The topological polar surface area (TPSA) is 38.8 Å². The van der Waals surface area contributed by atoms with Crippen LogP contribution < -0.4 is 0 Å². The number of halogens is 1. The van der Waals surface area contributed by atoms with E-state index in [0.717, 1.165) is 19.5 Å². The van der Waals surface area contributed by atoms with Gasteiger partial charge in [0.05, 0.1) is 13.2 Å². The van der Waals surface area contributed by atoms with Gasteiger partial charge in [-0.05, 0) is 12.3 Å². The van der Waals surface area contributed by atoms with Crippen LogP contribution in [-0.2, 0) is 14.3 Å². The van der Waals surface area contributed by atoms with E-state index in [1.165, 1.54) is 0 Å². The quantitative estimate of drug-likeness (QED) is 0.478. The van der Waals surface area contributed by atoms with Gasteiger partial charge >= 0.3 is 0 Å². The summed E-state index contributed by atoms with van der Waals surface area (Å²) in [5.74, 6) is 1.14. The van der Waals surface area contributed by atoms with Crippen molar-refractivity contribution in [3.05, 3.63) is 0 Å². The molecule has 0 aliphatic carbocycles. The lowest BCUT2D eigenvalue weighted by Gasteiger charge is -2.15. The maximum Gasteiger partial charge on any atom is 0.222 e. The molecular formula is C11H20ClNO3. The average molecular weight is 250 g/mol. The highest BCUT2D eigenvalue weighted by Gasteiger charge is 2.28. The maximum atomic E-state index is 11.5. The van der Waals surface area contributed by atoms with Crippen LogP contribution in [0.2, 0.25) is 0 Å². The van der Waals surface area contributed by atoms with Gasteiger partial charge in [-0.25, -0.2) is 0 Å². The smallest absolute Gasteiger partial charge is 0.222 e. The highest BCUT2D eigenvalue weighted by atomic mass is 35.5. The van der Waals surface area contributed by atoms with Crippen molar-refractivity contribution in [3.8, 4) is 0 Å². The molecule has 16 heavy (non-hydrogen) atoms. The van der Waals surface area contributed by atoms with Crippen LogP contribution in [0.5, 0.6) is 0 Å². The lowest BCUT2D eigenvalue weighted by molar-refractivity contribution is -0.127. The van der Waals surface area contributed by atoms with Crippen LogP contribution >= 0.6 is 11.6 Å². The van der Waals surface area contributed by atoms with E-state index in [9.17, 15) is 4.79 Å². The first-order valence-corrected chi connectivity index (χ1v) is 6.21. The number of carbonyl (C=O) groups is 1. The second-order valence-corrected chi connectivity index (χ2v) is 4.33. The van der Waals surface area contributed by atoms with Gasteiger partial charge in [0.1, 0.15) is 0 Å². The molecule has 1 aliphatic heterocycles. The normalized spacial score (nSPS) is 20.8. The summed E-state index contributed by atoms with van der Waals surface area (Å²) in [6.07, 6.45) is 1.48. The van der Waals surface area contributed by atoms with Crippen LogP contribution in [-0.4, -0.2) is 56.7 Å². The van der Waals surface area contributed by atoms with Crippen molar-refractivity contribution in [1.29, 1.82) is 0 Å². The fourth-order valence-electron chi connectivity index (χ4n) is 1.78. The molecule has 0 N–H and O–H groups in total. The van der Waals surface area contributed by atoms with Crippen molar-refractivity contribution >= 4 is 17.5 Å². The van der Waals surface area contributed by atoms with Gasteiger partial charge in [-0.15, -0.1) is 11.6 Å². The summed E-state index contributed by atoms with van der Waals surface area (Å²) in [6, 6.07) is 0. The van der Waals surface area contributed by atoms with E-state index in [0.29, 0.717) is 38.0 Å². The summed E-state index contributed by atoms with van der Waals surface area (Å²) in [4.78, 5) is 13.4. The molecule has 4 nitrogen and oxygen atoms in total. The highest BCUT2D eigenvalue weighted by Crippen LogP contribution is 2.18. The number of amides is 1. The molecule has 1 atom stereocenters. The summed E-state index contributed by atoms with van der Waals surface area (Å²) in [5.41, 5.74) is 0. The third kappa shape index (κ3) is 4.68. The second kappa shape index (κ2) is 7.87. The molecule has 0 aromatic rings. The monoisotopic (exact) mass is 249 g/mol. The Morgan fingerprint density at radius 2 is 2.25 bits per heavy atom. The number of rotatable bonds is 8. The SMILES string of the molecule is COCCOCCCN1CC(CCl)CC1=O. The van der Waals surface area contributed by atoms with Crippen LogP contribution in [0.1, 0.15) is 12.8 Å². The Kier molecular flexibility index (Phi) is 6.76. The zero-order valence-electron chi connectivity index (χ0n) is 9.78. The van der Waals surface area contributed by atoms with Gasteiger partial charge < -0.3 is 14.4 Å². The minimum atomic E-state index is 0.225. The zero-order chi connectivity index (χ0) is 11.8. The molecule has 1 aliphatic rings. The molecule has 5 heteroatoms. The number of nitrogens with zero attached hydrogens (tertiary/aromatic N) is 1. The Hall–Kier alpha value is -0.320. The van der Waals surface area contributed by atoms with Gasteiger partial charge in [-0.3, -0.25) is 4.79 Å². The second-order valence-electron chi connectivity index (χ2n) is 4.02. The molecule has 0 radical (unpaired) electrons. The van der Waals surface area contributed by atoms with Crippen LogP contribution in [0.15, 0.2) is 0 Å². The van der Waals surface area contributed by atoms with Crippen LogP contribution in [0.4, 0.5) is 0 Å². The van der Waals surface area contributed by atoms with Crippen molar-refractivity contribution in [2.45, 2.75) is 12.8 Å². The number of alkyl halides is 1. The summed E-state index contributed by atoms with van der Waals surface area (Å²) in [6.45, 7) is 3.50. The molecule has 94 valence electrons. The molecule has 1 amide bonds. The van der Waals surface area contributed by atoms with Gasteiger partial charge in [0, 0.05) is 39.1 Å². The molecular weight excluding hydrogens is 230 g/mol. The van der Waals surface area contributed by atoms with E-state index in [1.807, 2.05) is 4.90 Å². The lowest BCUT2D eigenvalue weighted by Crippen LogP contribution is -2.27. The van der Waals surface area contributed by atoms with Crippen molar-refractivity contribution in [2.24, 2.45) is 5.92 Å². The minimum absolute atomic E-state index is 0.225. The lowest BCUT2D eigenvalue weighted by atomic mass is 10.1. The number of hydrogen-bond donors (Lipinski definition) is 0. The third-order valence-corrected chi connectivity index (χ3v) is 3.10. The zero-order valence-corrected chi connectivity index (χ0v) is 10.5. The van der Waals surface area contributed by atoms with E-state index in [-0.39, 0.29) is 5.91 Å². The van der Waals surface area contributed by atoms with E-state index < -0.39 is 0 Å². The summed E-state index contributed by atoms with van der Waals surface area (Å²) in [7, 11) is 1.65. The molecule has 1 rings (SSSR count). The molecule has 1 saturated heterocycles. The fraction of sp³-hybridized carbons (Fsp3) is 0.909. The number of hydrogen-bond acceptors (Lipinski definition) is 3. The van der Waals surface area contributed by atoms with Gasteiger partial charge in [0.25, 0.3) is 0 Å². The molecule has 1 fully saturated rings. The van der Waals surface area contributed by atoms with Gasteiger partial charge in [-0.2, -0.15) is 0 Å². The maximum absolute atomic E-state index is 11.5. The van der Waals surface area contributed by atoms with Crippen molar-refractivity contribution in [2.75, 3.05) is 45.9 Å². The predicted molar refractivity (Wildman–Crippen MR) is 62.7 cm³/mol. The average Bonchev–Trinajstić information content (AvgIpc) is 2.65. The van der Waals surface area contributed by atoms with Gasteiger partial charge in [0.15, 0.2) is 0 Å². The standard InChI is InChI=1S/C11H20ClNO3/c1-15-5-6-16-4-2-3-13-9-10(8-12)7-11(13)14/h10H,2-9H2,1H3. The number of ether oxygens (including phenoxy) is 2. The first-order chi connectivity index (χ1) is 7.77. The van der Waals surface area contributed by atoms with Crippen molar-refractivity contribution < 1.29 is 14.3 Å². The summed E-state index contributed by atoms with van der Waals surface area (Å²) in [5, 5.41) is 0. The highest BCUT2D eigenvalue weighted by molar-refractivity contribution is 6.18. The van der Waals surface area contributed by atoms with E-state index >= 15 is 0 Å². The molecule has 0 spiro atoms. The Balaban J connectivity index is 2.03. The molecule has 0 aromatic heterocycles. The van der Waals surface area contributed by atoms with E-state index in [4.69, 9.17) is 21.1 Å². The minimum Gasteiger partial charge on any atom is -0.382 e. The molecule has 1 heterocycles. The molecule has 0 bridgehead atoms. The Morgan fingerprint density at radius 3 is 2.88 bits per heavy atom.